The molecule has 3 heteroatoms. The number of carbonyl (C=O) groups is 1. The number of allylic oxidation sites excluding steroid dienone is 1. The Morgan fingerprint density at radius 3 is 2.33 bits per heavy atom. The lowest BCUT2D eigenvalue weighted by molar-refractivity contribution is -0.142. The van der Waals surface area contributed by atoms with Crippen LogP contribution in [-0.4, -0.2) is 11.1 Å². The van der Waals surface area contributed by atoms with Gasteiger partial charge in [-0.15, -0.1) is 0 Å². The Morgan fingerprint density at radius 1 is 1.40 bits per heavy atom. The van der Waals surface area contributed by atoms with Crippen molar-refractivity contribution in [3.8, 4) is 0 Å². The van der Waals surface area contributed by atoms with Crippen molar-refractivity contribution in [2.24, 2.45) is 17.3 Å². The maximum absolute atomic E-state index is 13.6. The molecule has 3 saturated carbocycles. The van der Waals surface area contributed by atoms with Crippen LogP contribution in [0.25, 0.3) is 0 Å². The normalized spacial score (nSPS) is 39.0. The Hall–Kier alpha value is -0.860. The van der Waals surface area contributed by atoms with Crippen molar-refractivity contribution >= 4 is 5.97 Å². The molecule has 0 spiro atoms. The molecule has 0 radical (unpaired) electrons. The monoisotopic (exact) mass is 212 g/mol. The average molecular weight is 212 g/mol. The number of rotatable bonds is 3. The number of carboxylic acids is 1. The molecule has 2 bridgehead atoms. The van der Waals surface area contributed by atoms with Crippen molar-refractivity contribution in [3.05, 3.63) is 12.4 Å². The van der Waals surface area contributed by atoms with E-state index in [0.29, 0.717) is 12.3 Å². The van der Waals surface area contributed by atoms with E-state index in [1.165, 1.54) is 0 Å². The number of hydrogen-bond donors (Lipinski definition) is 1. The number of halogens is 1. The molecule has 0 aromatic carbocycles. The first-order valence-corrected chi connectivity index (χ1v) is 5.61. The van der Waals surface area contributed by atoms with Crippen LogP contribution in [-0.2, 0) is 4.79 Å². The number of carboxylic acid groups (broad SMARTS) is 1. The molecule has 1 unspecified atom stereocenters. The van der Waals surface area contributed by atoms with E-state index in [-0.39, 0.29) is 12.3 Å². The van der Waals surface area contributed by atoms with Gasteiger partial charge >= 0.3 is 5.97 Å². The molecule has 84 valence electrons. The van der Waals surface area contributed by atoms with Gasteiger partial charge in [0.25, 0.3) is 0 Å². The highest BCUT2D eigenvalue weighted by atomic mass is 19.1. The second kappa shape index (κ2) is 3.62. The van der Waals surface area contributed by atoms with E-state index < -0.39 is 17.2 Å². The van der Waals surface area contributed by atoms with Gasteiger partial charge in [0, 0.05) is 5.41 Å². The van der Waals surface area contributed by atoms with E-state index in [9.17, 15) is 9.18 Å². The van der Waals surface area contributed by atoms with Crippen LogP contribution in [0, 0.1) is 17.3 Å². The maximum atomic E-state index is 13.6. The van der Waals surface area contributed by atoms with Crippen molar-refractivity contribution in [2.75, 3.05) is 0 Å². The molecule has 0 aromatic rings. The maximum Gasteiger partial charge on any atom is 0.304 e. The van der Waals surface area contributed by atoms with Crippen LogP contribution in [0.5, 0.6) is 0 Å². The lowest BCUT2D eigenvalue weighted by Gasteiger charge is -2.50. The molecule has 15 heavy (non-hydrogen) atoms. The highest BCUT2D eigenvalue weighted by molar-refractivity contribution is 5.68. The molecule has 1 atom stereocenters. The first-order valence-electron chi connectivity index (χ1n) is 5.61. The zero-order chi connectivity index (χ0) is 11.1. The van der Waals surface area contributed by atoms with Gasteiger partial charge in [-0.1, -0.05) is 19.4 Å². The molecule has 1 N–H and O–H groups in total. The number of fused-ring (bicyclic) bond motifs is 3. The highest BCUT2D eigenvalue weighted by Crippen LogP contribution is 2.57. The summed E-state index contributed by atoms with van der Waals surface area (Å²) in [6, 6.07) is 0. The Balaban J connectivity index is 2.26. The van der Waals surface area contributed by atoms with Crippen molar-refractivity contribution in [1.82, 2.24) is 0 Å². The van der Waals surface area contributed by atoms with Gasteiger partial charge in [0.05, 0.1) is 12.2 Å². The third kappa shape index (κ3) is 1.68. The lowest BCUT2D eigenvalue weighted by atomic mass is 9.54. The van der Waals surface area contributed by atoms with E-state index in [1.54, 1.807) is 0 Å². The van der Waals surface area contributed by atoms with Crippen LogP contribution in [0.3, 0.4) is 0 Å². The zero-order valence-corrected chi connectivity index (χ0v) is 8.84. The summed E-state index contributed by atoms with van der Waals surface area (Å²) in [6.07, 6.45) is 4.84. The molecule has 0 saturated heterocycles. The molecule has 3 aliphatic rings. The van der Waals surface area contributed by atoms with Gasteiger partial charge in [0.1, 0.15) is 0 Å². The summed E-state index contributed by atoms with van der Waals surface area (Å²) < 4.78 is 13.6. The summed E-state index contributed by atoms with van der Waals surface area (Å²) in [5.74, 6) is -0.585. The molecule has 3 aliphatic carbocycles. The van der Waals surface area contributed by atoms with Gasteiger partial charge in [-0.2, -0.15) is 0 Å². The van der Waals surface area contributed by atoms with Crippen molar-refractivity contribution in [1.29, 1.82) is 0 Å². The van der Waals surface area contributed by atoms with Crippen LogP contribution in [0.15, 0.2) is 12.4 Å². The Bertz CT molecular complexity index is 292. The van der Waals surface area contributed by atoms with Gasteiger partial charge in [0.2, 0.25) is 0 Å². The summed E-state index contributed by atoms with van der Waals surface area (Å²) in [7, 11) is 0. The number of aliphatic carboxylic acids is 1. The standard InChI is InChI=1S/C12H17FO2/c1-8(13)12(7-11(14)15)6-9-2-4-10(12)5-3-9/h9-10H,1-7H2,(H,14,15). The summed E-state index contributed by atoms with van der Waals surface area (Å²) in [5, 5.41) is 8.90. The van der Waals surface area contributed by atoms with Gasteiger partial charge in [0.15, 0.2) is 0 Å². The molecule has 3 fully saturated rings. The van der Waals surface area contributed by atoms with Crippen molar-refractivity contribution in [2.45, 2.75) is 38.5 Å². The minimum atomic E-state index is -0.902. The first-order chi connectivity index (χ1) is 7.04. The predicted octanol–water partition coefficient (Wildman–Crippen LogP) is 3.14. The fraction of sp³-hybridized carbons (Fsp3) is 0.750. The summed E-state index contributed by atoms with van der Waals surface area (Å²) in [6.45, 7) is 3.39. The SMILES string of the molecule is C=C(F)C1(CC(=O)O)CC2CCC1CC2. The highest BCUT2D eigenvalue weighted by Gasteiger charge is 2.50. The van der Waals surface area contributed by atoms with Gasteiger partial charge < -0.3 is 5.11 Å². The minimum Gasteiger partial charge on any atom is -0.481 e. The second-order valence-electron chi connectivity index (χ2n) is 5.05. The Labute approximate surface area is 89.2 Å². The molecular formula is C12H17FO2. The fourth-order valence-electron chi connectivity index (χ4n) is 3.52. The molecule has 0 amide bonds. The van der Waals surface area contributed by atoms with E-state index >= 15 is 0 Å². The molecule has 0 aliphatic heterocycles. The van der Waals surface area contributed by atoms with Gasteiger partial charge in [-0.25, -0.2) is 4.39 Å². The average Bonchev–Trinajstić information content (AvgIpc) is 2.18. The van der Waals surface area contributed by atoms with Crippen LogP contribution in [0.1, 0.15) is 38.5 Å². The van der Waals surface area contributed by atoms with Crippen molar-refractivity contribution in [3.63, 3.8) is 0 Å². The van der Waals surface area contributed by atoms with Crippen LogP contribution >= 0.6 is 0 Å². The van der Waals surface area contributed by atoms with E-state index in [2.05, 4.69) is 6.58 Å². The zero-order valence-electron chi connectivity index (χ0n) is 8.84. The first kappa shape index (κ1) is 10.7. The van der Waals surface area contributed by atoms with Gasteiger partial charge in [-0.3, -0.25) is 4.79 Å². The molecule has 0 heterocycles. The molecule has 2 nitrogen and oxygen atoms in total. The molecule has 3 rings (SSSR count). The minimum absolute atomic E-state index is 0.0799. The van der Waals surface area contributed by atoms with Crippen LogP contribution in [0.4, 0.5) is 4.39 Å². The number of hydrogen-bond acceptors (Lipinski definition) is 1. The Kier molecular flexibility index (Phi) is 2.57. The van der Waals surface area contributed by atoms with Crippen LogP contribution in [0.2, 0.25) is 0 Å². The predicted molar refractivity (Wildman–Crippen MR) is 55.0 cm³/mol. The van der Waals surface area contributed by atoms with E-state index in [4.69, 9.17) is 5.11 Å². The third-order valence-corrected chi connectivity index (χ3v) is 4.29. The lowest BCUT2D eigenvalue weighted by Crippen LogP contribution is -2.43. The van der Waals surface area contributed by atoms with E-state index in [1.807, 2.05) is 0 Å². The second-order valence-corrected chi connectivity index (χ2v) is 5.05. The smallest absolute Gasteiger partial charge is 0.304 e. The van der Waals surface area contributed by atoms with E-state index in [0.717, 1.165) is 25.7 Å². The van der Waals surface area contributed by atoms with Gasteiger partial charge in [-0.05, 0) is 31.1 Å². The van der Waals surface area contributed by atoms with Crippen molar-refractivity contribution < 1.29 is 14.3 Å². The molecule has 0 aromatic heterocycles. The topological polar surface area (TPSA) is 37.3 Å². The molecular weight excluding hydrogens is 195 g/mol. The largest absolute Gasteiger partial charge is 0.481 e. The quantitative estimate of drug-likeness (QED) is 0.780. The fourth-order valence-corrected chi connectivity index (χ4v) is 3.52. The Morgan fingerprint density at radius 2 is 2.00 bits per heavy atom. The van der Waals surface area contributed by atoms with Crippen LogP contribution < -0.4 is 0 Å². The summed E-state index contributed by atoms with van der Waals surface area (Å²) >= 11 is 0. The third-order valence-electron chi connectivity index (χ3n) is 4.29. The summed E-state index contributed by atoms with van der Waals surface area (Å²) in [4.78, 5) is 10.8. The summed E-state index contributed by atoms with van der Waals surface area (Å²) in [5.41, 5.74) is -0.743.